The number of fused-ring (bicyclic) bond motifs is 1. The van der Waals surface area contributed by atoms with Gasteiger partial charge in [0.25, 0.3) is 10.1 Å². The third-order valence-corrected chi connectivity index (χ3v) is 5.45. The molecule has 1 heterocycles. The molecule has 1 aromatic heterocycles. The molecule has 5 nitrogen and oxygen atoms in total. The quantitative estimate of drug-likeness (QED) is 0.500. The molecular formula is C20H13ClN2O3S. The van der Waals surface area contributed by atoms with Crippen LogP contribution in [0.25, 0.3) is 33.5 Å². The summed E-state index contributed by atoms with van der Waals surface area (Å²) in [5.41, 5.74) is 3.08. The predicted octanol–water partition coefficient (Wildman–Crippen LogP) is 4.86. The minimum Gasteiger partial charge on any atom is -0.282 e. The number of rotatable bonds is 3. The molecule has 0 aliphatic carbocycles. The van der Waals surface area contributed by atoms with E-state index in [2.05, 4.69) is 9.97 Å². The number of benzene rings is 3. The lowest BCUT2D eigenvalue weighted by Gasteiger charge is -2.12. The largest absolute Gasteiger partial charge is 0.298 e. The highest BCUT2D eigenvalue weighted by atomic mass is 35.5. The van der Waals surface area contributed by atoms with Crippen molar-refractivity contribution in [1.82, 2.24) is 9.97 Å². The lowest BCUT2D eigenvalue weighted by molar-refractivity contribution is 0.484. The number of aromatic nitrogens is 2. The predicted molar refractivity (Wildman–Crippen MR) is 105 cm³/mol. The van der Waals surface area contributed by atoms with E-state index in [1.165, 1.54) is 6.07 Å². The van der Waals surface area contributed by atoms with Gasteiger partial charge in [0.2, 0.25) is 0 Å². The minimum atomic E-state index is -4.57. The first-order valence-corrected chi connectivity index (χ1v) is 9.85. The molecule has 0 aliphatic rings. The maximum Gasteiger partial charge on any atom is 0.298 e. The molecule has 4 rings (SSSR count). The number of halogens is 1. The fourth-order valence-electron chi connectivity index (χ4n) is 2.91. The lowest BCUT2D eigenvalue weighted by atomic mass is 10.0. The van der Waals surface area contributed by atoms with E-state index >= 15 is 0 Å². The topological polar surface area (TPSA) is 80.2 Å². The molecule has 27 heavy (non-hydrogen) atoms. The van der Waals surface area contributed by atoms with Gasteiger partial charge in [0.15, 0.2) is 0 Å². The zero-order chi connectivity index (χ0) is 19.0. The number of hydrogen-bond acceptors (Lipinski definition) is 4. The molecule has 0 fully saturated rings. The molecule has 0 radical (unpaired) electrons. The average molecular weight is 397 g/mol. The van der Waals surface area contributed by atoms with Crippen LogP contribution in [0.2, 0.25) is 5.02 Å². The van der Waals surface area contributed by atoms with Crippen LogP contribution in [0.1, 0.15) is 0 Å². The van der Waals surface area contributed by atoms with Crippen molar-refractivity contribution >= 4 is 32.8 Å². The summed E-state index contributed by atoms with van der Waals surface area (Å²) in [6.07, 6.45) is 0. The van der Waals surface area contributed by atoms with Crippen LogP contribution in [0.3, 0.4) is 0 Å². The molecular weight excluding hydrogens is 384 g/mol. The standard InChI is InChI=1S/C20H13ClN2O3S/c21-15-11-12-16-19(20(15)27(24,25)26)23-18(14-9-5-2-6-10-14)17(22-16)13-7-3-1-4-8-13/h1-12H,(H,24,25,26). The Labute approximate surface area is 161 Å². The smallest absolute Gasteiger partial charge is 0.282 e. The van der Waals surface area contributed by atoms with Crippen LogP contribution in [0, 0.1) is 0 Å². The van der Waals surface area contributed by atoms with E-state index in [4.69, 9.17) is 11.6 Å². The molecule has 0 bridgehead atoms. The van der Waals surface area contributed by atoms with Crippen LogP contribution in [-0.2, 0) is 10.1 Å². The van der Waals surface area contributed by atoms with Gasteiger partial charge in [-0.05, 0) is 12.1 Å². The van der Waals surface area contributed by atoms with Crippen LogP contribution in [0.15, 0.2) is 77.7 Å². The second kappa shape index (κ2) is 6.74. The Balaban J connectivity index is 2.14. The molecule has 0 unspecified atom stereocenters. The molecule has 134 valence electrons. The normalized spacial score (nSPS) is 11.6. The number of nitrogens with zero attached hydrogens (tertiary/aromatic N) is 2. The second-order valence-electron chi connectivity index (χ2n) is 5.87. The molecule has 0 saturated carbocycles. The van der Waals surface area contributed by atoms with Crippen LogP contribution in [0.5, 0.6) is 0 Å². The SMILES string of the molecule is O=S(=O)(O)c1c(Cl)ccc2nc(-c3ccccc3)c(-c3ccccc3)nc12. The molecule has 0 spiro atoms. The molecule has 4 aromatic rings. The van der Waals surface area contributed by atoms with Crippen molar-refractivity contribution in [2.75, 3.05) is 0 Å². The van der Waals surface area contributed by atoms with Gasteiger partial charge in [-0.25, -0.2) is 9.97 Å². The zero-order valence-corrected chi connectivity index (χ0v) is 15.4. The molecule has 0 amide bonds. The van der Waals surface area contributed by atoms with Crippen LogP contribution in [-0.4, -0.2) is 22.9 Å². The van der Waals surface area contributed by atoms with Crippen LogP contribution >= 0.6 is 11.6 Å². The van der Waals surface area contributed by atoms with E-state index in [9.17, 15) is 13.0 Å². The van der Waals surface area contributed by atoms with Crippen LogP contribution < -0.4 is 0 Å². The molecule has 0 saturated heterocycles. The summed E-state index contributed by atoms with van der Waals surface area (Å²) in [6, 6.07) is 21.8. The van der Waals surface area contributed by atoms with Gasteiger partial charge in [-0.15, -0.1) is 0 Å². The lowest BCUT2D eigenvalue weighted by Crippen LogP contribution is -2.04. The summed E-state index contributed by atoms with van der Waals surface area (Å²) < 4.78 is 33.4. The monoisotopic (exact) mass is 396 g/mol. The van der Waals surface area contributed by atoms with Crippen molar-refractivity contribution in [3.05, 3.63) is 77.8 Å². The summed E-state index contributed by atoms with van der Waals surface area (Å²) in [5.74, 6) is 0. The van der Waals surface area contributed by atoms with Gasteiger partial charge in [0.05, 0.1) is 21.9 Å². The Morgan fingerprint density at radius 2 is 1.26 bits per heavy atom. The Morgan fingerprint density at radius 3 is 1.78 bits per heavy atom. The highest BCUT2D eigenvalue weighted by Crippen LogP contribution is 2.34. The molecule has 3 aromatic carbocycles. The van der Waals surface area contributed by atoms with Crippen molar-refractivity contribution < 1.29 is 13.0 Å². The van der Waals surface area contributed by atoms with Crippen molar-refractivity contribution in [1.29, 1.82) is 0 Å². The van der Waals surface area contributed by atoms with Crippen molar-refractivity contribution in [3.8, 4) is 22.5 Å². The first-order chi connectivity index (χ1) is 12.9. The van der Waals surface area contributed by atoms with Gasteiger partial charge >= 0.3 is 0 Å². The maximum atomic E-state index is 11.9. The van der Waals surface area contributed by atoms with E-state index in [-0.39, 0.29) is 10.5 Å². The Bertz CT molecular complexity index is 1240. The van der Waals surface area contributed by atoms with Crippen molar-refractivity contribution in [2.45, 2.75) is 4.90 Å². The third kappa shape index (κ3) is 3.30. The summed E-state index contributed by atoms with van der Waals surface area (Å²) in [5, 5.41) is -0.106. The van der Waals surface area contributed by atoms with E-state index in [0.29, 0.717) is 16.9 Å². The molecule has 7 heteroatoms. The van der Waals surface area contributed by atoms with Gasteiger partial charge in [-0.2, -0.15) is 8.42 Å². The van der Waals surface area contributed by atoms with Crippen molar-refractivity contribution in [2.24, 2.45) is 0 Å². The molecule has 0 aliphatic heterocycles. The highest BCUT2D eigenvalue weighted by Gasteiger charge is 2.23. The summed E-state index contributed by atoms with van der Waals surface area (Å²) >= 11 is 6.04. The summed E-state index contributed by atoms with van der Waals surface area (Å²) in [4.78, 5) is 8.76. The van der Waals surface area contributed by atoms with E-state index in [1.54, 1.807) is 6.07 Å². The Kier molecular flexibility index (Phi) is 4.39. The third-order valence-electron chi connectivity index (χ3n) is 4.09. The average Bonchev–Trinajstić information content (AvgIpc) is 2.67. The fraction of sp³-hybridized carbons (Fsp3) is 0. The minimum absolute atomic E-state index is 0.0311. The van der Waals surface area contributed by atoms with Gasteiger partial charge in [0, 0.05) is 11.1 Å². The first-order valence-electron chi connectivity index (χ1n) is 8.04. The molecule has 1 N–H and O–H groups in total. The zero-order valence-electron chi connectivity index (χ0n) is 13.9. The summed E-state index contributed by atoms with van der Waals surface area (Å²) in [7, 11) is -4.57. The van der Waals surface area contributed by atoms with E-state index in [1.807, 2.05) is 60.7 Å². The maximum absolute atomic E-state index is 11.9. The van der Waals surface area contributed by atoms with Crippen molar-refractivity contribution in [3.63, 3.8) is 0 Å². The fourth-order valence-corrected chi connectivity index (χ4v) is 4.07. The Hall–Kier alpha value is -2.80. The van der Waals surface area contributed by atoms with Gasteiger partial charge in [0.1, 0.15) is 10.4 Å². The van der Waals surface area contributed by atoms with Crippen LogP contribution in [0.4, 0.5) is 0 Å². The summed E-state index contributed by atoms with van der Waals surface area (Å²) in [6.45, 7) is 0. The van der Waals surface area contributed by atoms with E-state index in [0.717, 1.165) is 11.1 Å². The van der Waals surface area contributed by atoms with Gasteiger partial charge in [-0.1, -0.05) is 72.3 Å². The molecule has 0 atom stereocenters. The Morgan fingerprint density at radius 1 is 0.741 bits per heavy atom. The highest BCUT2D eigenvalue weighted by molar-refractivity contribution is 7.86. The van der Waals surface area contributed by atoms with Gasteiger partial charge < -0.3 is 0 Å². The van der Waals surface area contributed by atoms with Gasteiger partial charge in [-0.3, -0.25) is 4.55 Å². The number of hydrogen-bond donors (Lipinski definition) is 1. The second-order valence-corrected chi connectivity index (χ2v) is 7.64. The first kappa shape index (κ1) is 17.6. The van der Waals surface area contributed by atoms with E-state index < -0.39 is 15.0 Å².